The molecule has 4 nitrogen and oxygen atoms in total. The van der Waals surface area contributed by atoms with Crippen LogP contribution in [0.5, 0.6) is 0 Å². The van der Waals surface area contributed by atoms with Crippen LogP contribution in [-0.4, -0.2) is 42.7 Å². The highest BCUT2D eigenvalue weighted by Gasteiger charge is 2.17. The van der Waals surface area contributed by atoms with Crippen LogP contribution in [0.2, 0.25) is 0 Å². The first kappa shape index (κ1) is 13.8. The second kappa shape index (κ2) is 6.35. The lowest BCUT2D eigenvalue weighted by Gasteiger charge is -2.25. The van der Waals surface area contributed by atoms with Crippen molar-refractivity contribution in [3.8, 4) is 0 Å². The van der Waals surface area contributed by atoms with E-state index in [9.17, 15) is 5.11 Å². The highest BCUT2D eigenvalue weighted by Crippen LogP contribution is 2.07. The maximum Gasteiger partial charge on any atom is 0.101 e. The standard InChI is InChI=1S/C10H23NO3/c1-8(2)13-5-9(12)6-14-10(3,4)7-11/h8-9,12H,5-7,11H2,1-4H3. The summed E-state index contributed by atoms with van der Waals surface area (Å²) in [7, 11) is 0. The van der Waals surface area contributed by atoms with Gasteiger partial charge in [0.25, 0.3) is 0 Å². The van der Waals surface area contributed by atoms with Gasteiger partial charge in [0, 0.05) is 6.54 Å². The zero-order valence-corrected chi connectivity index (χ0v) is 9.62. The molecule has 0 aliphatic heterocycles. The third-order valence-corrected chi connectivity index (χ3v) is 1.78. The van der Waals surface area contributed by atoms with Gasteiger partial charge in [0.05, 0.1) is 24.9 Å². The van der Waals surface area contributed by atoms with Crippen molar-refractivity contribution in [2.24, 2.45) is 5.73 Å². The maximum absolute atomic E-state index is 9.47. The summed E-state index contributed by atoms with van der Waals surface area (Å²) in [4.78, 5) is 0. The van der Waals surface area contributed by atoms with Crippen LogP contribution in [0.4, 0.5) is 0 Å². The van der Waals surface area contributed by atoms with Gasteiger partial charge >= 0.3 is 0 Å². The first-order valence-corrected chi connectivity index (χ1v) is 5.01. The molecule has 1 unspecified atom stereocenters. The molecule has 4 heteroatoms. The molecular weight excluding hydrogens is 182 g/mol. The average Bonchev–Trinajstić information content (AvgIpc) is 2.11. The van der Waals surface area contributed by atoms with E-state index in [0.29, 0.717) is 13.2 Å². The number of nitrogens with two attached hydrogens (primary N) is 1. The highest BCUT2D eigenvalue weighted by atomic mass is 16.5. The summed E-state index contributed by atoms with van der Waals surface area (Å²) >= 11 is 0. The van der Waals surface area contributed by atoms with Crippen LogP contribution in [0.1, 0.15) is 27.7 Å². The summed E-state index contributed by atoms with van der Waals surface area (Å²) in [6.45, 7) is 8.64. The molecule has 0 radical (unpaired) electrons. The molecule has 0 aliphatic rings. The first-order valence-electron chi connectivity index (χ1n) is 5.01. The van der Waals surface area contributed by atoms with E-state index in [1.165, 1.54) is 0 Å². The number of ether oxygens (including phenoxy) is 2. The molecule has 0 bridgehead atoms. The summed E-state index contributed by atoms with van der Waals surface area (Å²) in [5.41, 5.74) is 5.10. The van der Waals surface area contributed by atoms with Crippen molar-refractivity contribution >= 4 is 0 Å². The monoisotopic (exact) mass is 205 g/mol. The molecular formula is C10H23NO3. The molecule has 0 aromatic heterocycles. The molecule has 0 aliphatic carbocycles. The Morgan fingerprint density at radius 1 is 1.29 bits per heavy atom. The summed E-state index contributed by atoms with van der Waals surface area (Å²) in [5.74, 6) is 0. The molecule has 1 atom stereocenters. The van der Waals surface area contributed by atoms with Gasteiger partial charge in [-0.3, -0.25) is 0 Å². The molecule has 14 heavy (non-hydrogen) atoms. The maximum atomic E-state index is 9.47. The second-order valence-corrected chi connectivity index (χ2v) is 4.31. The van der Waals surface area contributed by atoms with Crippen LogP contribution in [0, 0.1) is 0 Å². The molecule has 0 aromatic rings. The van der Waals surface area contributed by atoms with Crippen molar-refractivity contribution < 1.29 is 14.6 Å². The molecule has 0 amide bonds. The lowest BCUT2D eigenvalue weighted by Crippen LogP contribution is -2.37. The lowest BCUT2D eigenvalue weighted by atomic mass is 10.1. The fourth-order valence-electron chi connectivity index (χ4n) is 0.732. The predicted octanol–water partition coefficient (Wildman–Crippen LogP) is 0.526. The Kier molecular flexibility index (Phi) is 6.27. The number of aliphatic hydroxyl groups excluding tert-OH is 1. The van der Waals surface area contributed by atoms with E-state index in [0.717, 1.165) is 0 Å². The molecule has 0 heterocycles. The van der Waals surface area contributed by atoms with E-state index in [1.54, 1.807) is 0 Å². The molecule has 0 spiro atoms. The fourth-order valence-corrected chi connectivity index (χ4v) is 0.732. The van der Waals surface area contributed by atoms with E-state index in [1.807, 2.05) is 27.7 Å². The summed E-state index contributed by atoms with van der Waals surface area (Å²) in [6, 6.07) is 0. The Balaban J connectivity index is 3.58. The zero-order chi connectivity index (χ0) is 11.2. The zero-order valence-electron chi connectivity index (χ0n) is 9.62. The van der Waals surface area contributed by atoms with Crippen molar-refractivity contribution in [2.45, 2.75) is 45.5 Å². The van der Waals surface area contributed by atoms with E-state index < -0.39 is 6.10 Å². The SMILES string of the molecule is CC(C)OCC(O)COC(C)(C)CN. The Bertz CT molecular complexity index is 148. The Morgan fingerprint density at radius 2 is 1.86 bits per heavy atom. The van der Waals surface area contributed by atoms with Crippen molar-refractivity contribution in [1.82, 2.24) is 0 Å². The van der Waals surface area contributed by atoms with Gasteiger partial charge in [-0.15, -0.1) is 0 Å². The summed E-state index contributed by atoms with van der Waals surface area (Å²) in [6.07, 6.45) is -0.449. The van der Waals surface area contributed by atoms with Gasteiger partial charge in [-0.1, -0.05) is 0 Å². The number of hydrogen-bond acceptors (Lipinski definition) is 4. The van der Waals surface area contributed by atoms with E-state index in [-0.39, 0.29) is 18.3 Å². The van der Waals surface area contributed by atoms with E-state index in [2.05, 4.69) is 0 Å². The smallest absolute Gasteiger partial charge is 0.101 e. The third-order valence-electron chi connectivity index (χ3n) is 1.78. The minimum atomic E-state index is -0.580. The normalized spacial score (nSPS) is 14.8. The molecule has 0 fully saturated rings. The van der Waals surface area contributed by atoms with Gasteiger partial charge in [0.15, 0.2) is 0 Å². The molecule has 0 rings (SSSR count). The minimum absolute atomic E-state index is 0.132. The van der Waals surface area contributed by atoms with E-state index >= 15 is 0 Å². The quantitative estimate of drug-likeness (QED) is 0.636. The molecule has 0 saturated carbocycles. The Morgan fingerprint density at radius 3 is 2.29 bits per heavy atom. The van der Waals surface area contributed by atoms with Gasteiger partial charge in [0.2, 0.25) is 0 Å². The molecule has 3 N–H and O–H groups in total. The van der Waals surface area contributed by atoms with Gasteiger partial charge in [-0.2, -0.15) is 0 Å². The van der Waals surface area contributed by atoms with Crippen LogP contribution >= 0.6 is 0 Å². The van der Waals surface area contributed by atoms with Crippen LogP contribution in [0.25, 0.3) is 0 Å². The Hall–Kier alpha value is -0.160. The van der Waals surface area contributed by atoms with Crippen molar-refractivity contribution in [1.29, 1.82) is 0 Å². The van der Waals surface area contributed by atoms with Crippen molar-refractivity contribution in [3.63, 3.8) is 0 Å². The molecule has 86 valence electrons. The summed E-state index contributed by atoms with van der Waals surface area (Å²) < 4.78 is 10.7. The van der Waals surface area contributed by atoms with Gasteiger partial charge in [-0.25, -0.2) is 0 Å². The number of hydrogen-bond donors (Lipinski definition) is 2. The lowest BCUT2D eigenvalue weighted by molar-refractivity contribution is -0.0818. The van der Waals surface area contributed by atoms with Crippen molar-refractivity contribution in [3.05, 3.63) is 0 Å². The Labute approximate surface area is 86.4 Å². The summed E-state index contributed by atoms with van der Waals surface area (Å²) in [5, 5.41) is 9.47. The van der Waals surface area contributed by atoms with Gasteiger partial charge < -0.3 is 20.3 Å². The number of aliphatic hydroxyl groups is 1. The van der Waals surface area contributed by atoms with Crippen LogP contribution in [0.15, 0.2) is 0 Å². The van der Waals surface area contributed by atoms with Crippen LogP contribution < -0.4 is 5.73 Å². The molecule has 0 saturated heterocycles. The fraction of sp³-hybridized carbons (Fsp3) is 1.00. The number of rotatable bonds is 7. The third kappa shape index (κ3) is 7.26. The minimum Gasteiger partial charge on any atom is -0.388 e. The van der Waals surface area contributed by atoms with Gasteiger partial charge in [-0.05, 0) is 27.7 Å². The predicted molar refractivity (Wildman–Crippen MR) is 56.2 cm³/mol. The average molecular weight is 205 g/mol. The van der Waals surface area contributed by atoms with Crippen molar-refractivity contribution in [2.75, 3.05) is 19.8 Å². The second-order valence-electron chi connectivity index (χ2n) is 4.31. The van der Waals surface area contributed by atoms with Gasteiger partial charge in [0.1, 0.15) is 6.10 Å². The van der Waals surface area contributed by atoms with E-state index in [4.69, 9.17) is 15.2 Å². The van der Waals surface area contributed by atoms with Crippen LogP contribution in [-0.2, 0) is 9.47 Å². The topological polar surface area (TPSA) is 64.7 Å². The van der Waals surface area contributed by atoms with Crippen LogP contribution in [0.3, 0.4) is 0 Å². The first-order chi connectivity index (χ1) is 6.37. The highest BCUT2D eigenvalue weighted by molar-refractivity contribution is 4.69. The molecule has 0 aromatic carbocycles. The largest absolute Gasteiger partial charge is 0.388 e.